The van der Waals surface area contributed by atoms with Gasteiger partial charge in [-0.25, -0.2) is 0 Å². The van der Waals surface area contributed by atoms with Crippen LogP contribution in [0, 0.1) is 0 Å². The topological polar surface area (TPSA) is 58.6 Å². The molecule has 0 aromatic heterocycles. The van der Waals surface area contributed by atoms with Gasteiger partial charge < -0.3 is 15.0 Å². The highest BCUT2D eigenvalue weighted by molar-refractivity contribution is 5.92. The Morgan fingerprint density at radius 3 is 2.20 bits per heavy atom. The minimum atomic E-state index is -0.378. The van der Waals surface area contributed by atoms with Crippen LogP contribution in [0.25, 0.3) is 0 Å². The fraction of sp³-hybridized carbons (Fsp3) is 0.467. The van der Waals surface area contributed by atoms with E-state index in [1.165, 1.54) is 7.11 Å². The number of ether oxygens (including phenoxy) is 1. The zero-order chi connectivity index (χ0) is 15.0. The Hall–Kier alpha value is -2.04. The van der Waals surface area contributed by atoms with Crippen LogP contribution in [-0.4, -0.2) is 32.1 Å². The summed E-state index contributed by atoms with van der Waals surface area (Å²) in [6.07, 6.45) is 0.227. The summed E-state index contributed by atoms with van der Waals surface area (Å²) in [4.78, 5) is 24.8. The third kappa shape index (κ3) is 4.91. The molecule has 0 saturated carbocycles. The average molecular weight is 278 g/mol. The first-order valence-corrected chi connectivity index (χ1v) is 6.82. The Morgan fingerprint density at radius 2 is 1.70 bits per heavy atom. The van der Waals surface area contributed by atoms with Crippen molar-refractivity contribution >= 4 is 23.3 Å². The minimum absolute atomic E-state index is 0.0971. The summed E-state index contributed by atoms with van der Waals surface area (Å²) in [7, 11) is 1.31. The second-order valence-corrected chi connectivity index (χ2v) is 4.34. The number of esters is 1. The summed E-state index contributed by atoms with van der Waals surface area (Å²) in [6, 6.07) is 7.68. The molecule has 20 heavy (non-hydrogen) atoms. The maximum Gasteiger partial charge on any atom is 0.306 e. The molecule has 5 heteroatoms. The predicted octanol–water partition coefficient (Wildman–Crippen LogP) is 2.42. The van der Waals surface area contributed by atoms with Gasteiger partial charge in [0.25, 0.3) is 0 Å². The summed E-state index contributed by atoms with van der Waals surface area (Å²) in [6.45, 7) is 6.10. The molecule has 0 aliphatic carbocycles. The molecule has 0 aliphatic rings. The van der Waals surface area contributed by atoms with Gasteiger partial charge in [0.1, 0.15) is 0 Å². The summed E-state index contributed by atoms with van der Waals surface area (Å²) >= 11 is 0. The van der Waals surface area contributed by atoms with Gasteiger partial charge in [0, 0.05) is 30.9 Å². The van der Waals surface area contributed by atoms with Crippen LogP contribution in [0.5, 0.6) is 0 Å². The maximum absolute atomic E-state index is 11.6. The lowest BCUT2D eigenvalue weighted by molar-refractivity contribution is -0.141. The SMILES string of the molecule is CCN(CC)c1ccc(NC(=O)CCC(=O)OC)cc1. The molecule has 0 saturated heterocycles. The zero-order valence-corrected chi connectivity index (χ0v) is 12.3. The van der Waals surface area contributed by atoms with E-state index in [4.69, 9.17) is 0 Å². The molecule has 1 amide bonds. The van der Waals surface area contributed by atoms with Crippen molar-refractivity contribution in [1.29, 1.82) is 0 Å². The van der Waals surface area contributed by atoms with E-state index < -0.39 is 0 Å². The highest BCUT2D eigenvalue weighted by atomic mass is 16.5. The quantitative estimate of drug-likeness (QED) is 0.778. The van der Waals surface area contributed by atoms with Gasteiger partial charge in [-0.3, -0.25) is 9.59 Å². The van der Waals surface area contributed by atoms with Crippen LogP contribution in [0.15, 0.2) is 24.3 Å². The normalized spacial score (nSPS) is 9.95. The number of nitrogens with zero attached hydrogens (tertiary/aromatic N) is 1. The lowest BCUT2D eigenvalue weighted by Gasteiger charge is -2.21. The Bertz CT molecular complexity index is 439. The van der Waals surface area contributed by atoms with Gasteiger partial charge >= 0.3 is 5.97 Å². The second-order valence-electron chi connectivity index (χ2n) is 4.34. The lowest BCUT2D eigenvalue weighted by Crippen LogP contribution is -2.21. The van der Waals surface area contributed by atoms with E-state index in [2.05, 4.69) is 28.8 Å². The van der Waals surface area contributed by atoms with E-state index in [9.17, 15) is 9.59 Å². The van der Waals surface area contributed by atoms with Crippen molar-refractivity contribution in [2.75, 3.05) is 30.4 Å². The van der Waals surface area contributed by atoms with Crippen molar-refractivity contribution < 1.29 is 14.3 Å². The van der Waals surface area contributed by atoms with Crippen LogP contribution in [-0.2, 0) is 14.3 Å². The molecule has 0 fully saturated rings. The smallest absolute Gasteiger partial charge is 0.306 e. The molecule has 0 radical (unpaired) electrons. The monoisotopic (exact) mass is 278 g/mol. The van der Waals surface area contributed by atoms with Gasteiger partial charge in [-0.2, -0.15) is 0 Å². The zero-order valence-electron chi connectivity index (χ0n) is 12.3. The maximum atomic E-state index is 11.6. The highest BCUT2D eigenvalue weighted by Crippen LogP contribution is 2.17. The first kappa shape index (κ1) is 16.0. The Labute approximate surface area is 119 Å². The molecule has 1 rings (SSSR count). The van der Waals surface area contributed by atoms with Crippen molar-refractivity contribution in [3.8, 4) is 0 Å². The molecule has 1 aromatic carbocycles. The van der Waals surface area contributed by atoms with Gasteiger partial charge in [-0.05, 0) is 38.1 Å². The summed E-state index contributed by atoms with van der Waals surface area (Å²) in [5.74, 6) is -0.567. The number of carbonyl (C=O) groups excluding carboxylic acids is 2. The predicted molar refractivity (Wildman–Crippen MR) is 79.9 cm³/mol. The third-order valence-electron chi connectivity index (χ3n) is 3.06. The molecular formula is C15H22N2O3. The number of benzene rings is 1. The first-order valence-electron chi connectivity index (χ1n) is 6.82. The van der Waals surface area contributed by atoms with Crippen molar-refractivity contribution in [3.05, 3.63) is 24.3 Å². The van der Waals surface area contributed by atoms with E-state index in [0.717, 1.165) is 24.5 Å². The molecule has 1 N–H and O–H groups in total. The van der Waals surface area contributed by atoms with E-state index in [1.807, 2.05) is 24.3 Å². The minimum Gasteiger partial charge on any atom is -0.469 e. The number of amides is 1. The molecule has 110 valence electrons. The summed E-state index contributed by atoms with van der Waals surface area (Å²) in [5, 5.41) is 2.76. The largest absolute Gasteiger partial charge is 0.469 e. The van der Waals surface area contributed by atoms with Crippen molar-refractivity contribution in [2.24, 2.45) is 0 Å². The van der Waals surface area contributed by atoms with E-state index >= 15 is 0 Å². The highest BCUT2D eigenvalue weighted by Gasteiger charge is 2.07. The number of rotatable bonds is 7. The van der Waals surface area contributed by atoms with Crippen LogP contribution >= 0.6 is 0 Å². The fourth-order valence-corrected chi connectivity index (χ4v) is 1.89. The summed E-state index contributed by atoms with van der Waals surface area (Å²) < 4.78 is 4.49. The van der Waals surface area contributed by atoms with Gasteiger partial charge in [0.2, 0.25) is 5.91 Å². The first-order chi connectivity index (χ1) is 9.60. The Balaban J connectivity index is 2.52. The van der Waals surface area contributed by atoms with Crippen LogP contribution in [0.3, 0.4) is 0 Å². The molecule has 0 aliphatic heterocycles. The molecule has 0 unspecified atom stereocenters. The number of nitrogens with one attached hydrogen (secondary N) is 1. The third-order valence-corrected chi connectivity index (χ3v) is 3.06. The van der Waals surface area contributed by atoms with Crippen molar-refractivity contribution in [1.82, 2.24) is 0 Å². The van der Waals surface area contributed by atoms with Crippen LogP contribution < -0.4 is 10.2 Å². The lowest BCUT2D eigenvalue weighted by atomic mass is 10.2. The van der Waals surface area contributed by atoms with Crippen LogP contribution in [0.2, 0.25) is 0 Å². The number of hydrogen-bond donors (Lipinski definition) is 1. The fourth-order valence-electron chi connectivity index (χ4n) is 1.89. The van der Waals surface area contributed by atoms with E-state index in [0.29, 0.717) is 0 Å². The number of hydrogen-bond acceptors (Lipinski definition) is 4. The van der Waals surface area contributed by atoms with Crippen LogP contribution in [0.1, 0.15) is 26.7 Å². The number of carbonyl (C=O) groups is 2. The molecule has 1 aromatic rings. The average Bonchev–Trinajstić information content (AvgIpc) is 2.47. The van der Waals surface area contributed by atoms with Gasteiger partial charge in [0.05, 0.1) is 13.5 Å². The molecule has 0 bridgehead atoms. The number of anilines is 2. The van der Waals surface area contributed by atoms with E-state index in [-0.39, 0.29) is 24.7 Å². The Kier molecular flexibility index (Phi) is 6.56. The summed E-state index contributed by atoms with van der Waals surface area (Å²) in [5.41, 5.74) is 1.86. The number of methoxy groups -OCH3 is 1. The molecule has 0 spiro atoms. The van der Waals surface area contributed by atoms with Gasteiger partial charge in [-0.15, -0.1) is 0 Å². The standard InChI is InChI=1S/C15H22N2O3/c1-4-17(5-2)13-8-6-12(7-9-13)16-14(18)10-11-15(19)20-3/h6-9H,4-5,10-11H2,1-3H3,(H,16,18). The second kappa shape index (κ2) is 8.19. The van der Waals surface area contributed by atoms with Crippen molar-refractivity contribution in [2.45, 2.75) is 26.7 Å². The van der Waals surface area contributed by atoms with Crippen molar-refractivity contribution in [3.63, 3.8) is 0 Å². The Morgan fingerprint density at radius 1 is 1.10 bits per heavy atom. The molecular weight excluding hydrogens is 256 g/mol. The van der Waals surface area contributed by atoms with Gasteiger partial charge in [0.15, 0.2) is 0 Å². The van der Waals surface area contributed by atoms with Gasteiger partial charge in [-0.1, -0.05) is 0 Å². The molecule has 5 nitrogen and oxygen atoms in total. The molecule has 0 heterocycles. The molecule has 0 atom stereocenters. The van der Waals surface area contributed by atoms with Crippen LogP contribution in [0.4, 0.5) is 11.4 Å². The van der Waals surface area contributed by atoms with E-state index in [1.54, 1.807) is 0 Å².